The number of unbranched alkanes of at least 4 members (excludes halogenated alkanes) is 4. The first-order valence-electron chi connectivity index (χ1n) is 12.1. The monoisotopic (exact) mass is 478 g/mol. The van der Waals surface area contributed by atoms with Crippen LogP contribution < -0.4 is 10.5 Å². The number of alkyl halides is 3. The molecule has 183 valence electrons. The molecule has 1 atom stereocenters. The molecule has 0 aliphatic carbocycles. The molecule has 0 fully saturated rings. The zero-order chi connectivity index (χ0) is 25.1. The maximum atomic E-state index is 12.7. The maximum Gasteiger partial charge on any atom is 0.416 e. The van der Waals surface area contributed by atoms with Gasteiger partial charge in [-0.05, 0) is 72.5 Å². The minimum absolute atomic E-state index is 0.416. The molecule has 0 saturated heterocycles. The van der Waals surface area contributed by atoms with Gasteiger partial charge in [0.2, 0.25) is 0 Å². The summed E-state index contributed by atoms with van der Waals surface area (Å²) in [5.74, 6) is 7.14. The van der Waals surface area contributed by atoms with Crippen LogP contribution in [0.15, 0.2) is 72.8 Å². The van der Waals surface area contributed by atoms with Crippen molar-refractivity contribution in [2.24, 2.45) is 0 Å². The summed E-state index contributed by atoms with van der Waals surface area (Å²) in [6.45, 7) is 2.94. The highest BCUT2D eigenvalue weighted by atomic mass is 19.4. The van der Waals surface area contributed by atoms with E-state index < -0.39 is 17.8 Å². The van der Waals surface area contributed by atoms with Crippen molar-refractivity contribution in [3.63, 3.8) is 0 Å². The molecule has 0 bridgehead atoms. The molecule has 0 aliphatic rings. The van der Waals surface area contributed by atoms with Crippen LogP contribution in [-0.4, -0.2) is 6.61 Å². The van der Waals surface area contributed by atoms with E-state index in [2.05, 4.69) is 18.8 Å². The lowest BCUT2D eigenvalue weighted by Gasteiger charge is -2.13. The van der Waals surface area contributed by atoms with Crippen molar-refractivity contribution in [2.75, 3.05) is 6.61 Å². The van der Waals surface area contributed by atoms with E-state index >= 15 is 0 Å². The number of ether oxygens (including phenoxy) is 1. The molecule has 1 unspecified atom stereocenters. The number of halogens is 3. The fourth-order valence-electron chi connectivity index (χ4n) is 3.66. The lowest BCUT2D eigenvalue weighted by Crippen LogP contribution is -2.07. The zero-order valence-corrected chi connectivity index (χ0v) is 20.0. The van der Waals surface area contributed by atoms with Gasteiger partial charge in [-0.3, -0.25) is 0 Å². The molecule has 0 aromatic heterocycles. The molecule has 0 aliphatic heterocycles. The van der Waals surface area contributed by atoms with Crippen LogP contribution in [0.4, 0.5) is 13.2 Å². The molecule has 0 amide bonds. The van der Waals surface area contributed by atoms with E-state index in [4.69, 9.17) is 10.5 Å². The Morgan fingerprint density at radius 2 is 1.34 bits per heavy atom. The molecule has 1 radical (unpaired) electrons. The van der Waals surface area contributed by atoms with Crippen LogP contribution in [0.5, 0.6) is 5.75 Å². The summed E-state index contributed by atoms with van der Waals surface area (Å²) >= 11 is 0. The fraction of sp³-hybridized carbons (Fsp3) is 0.333. The van der Waals surface area contributed by atoms with E-state index in [1.165, 1.54) is 37.8 Å². The van der Waals surface area contributed by atoms with Gasteiger partial charge < -0.3 is 4.74 Å². The van der Waals surface area contributed by atoms with Crippen LogP contribution in [0, 0.1) is 11.8 Å². The Morgan fingerprint density at radius 3 is 1.91 bits per heavy atom. The van der Waals surface area contributed by atoms with Gasteiger partial charge in [0.25, 0.3) is 0 Å². The number of hydrogen-bond acceptors (Lipinski definition) is 1. The summed E-state index contributed by atoms with van der Waals surface area (Å²) in [5, 5.41) is 0. The summed E-state index contributed by atoms with van der Waals surface area (Å²) in [6.07, 6.45) is 2.11. The minimum Gasteiger partial charge on any atom is -0.494 e. The van der Waals surface area contributed by atoms with Crippen LogP contribution in [0.3, 0.4) is 0 Å². The normalized spacial score (nSPS) is 12.0. The van der Waals surface area contributed by atoms with Gasteiger partial charge in [-0.2, -0.15) is 13.2 Å². The first-order valence-corrected chi connectivity index (χ1v) is 12.1. The lowest BCUT2D eigenvalue weighted by molar-refractivity contribution is -0.137. The number of benzene rings is 3. The Hall–Kier alpha value is -3.23. The van der Waals surface area contributed by atoms with Crippen LogP contribution in [-0.2, 0) is 12.6 Å². The van der Waals surface area contributed by atoms with Gasteiger partial charge in [0, 0.05) is 11.1 Å². The summed E-state index contributed by atoms with van der Waals surface area (Å²) < 4.78 is 43.9. The number of nitrogens with one attached hydrogen (secondary N) is 1. The zero-order valence-electron chi connectivity index (χ0n) is 20.0. The van der Waals surface area contributed by atoms with Crippen LogP contribution in [0.1, 0.15) is 72.9 Å². The van der Waals surface area contributed by atoms with Gasteiger partial charge in [-0.15, -0.1) is 0 Å². The highest BCUT2D eigenvalue weighted by Crippen LogP contribution is 2.30. The third kappa shape index (κ3) is 8.81. The highest BCUT2D eigenvalue weighted by molar-refractivity contribution is 5.45. The standard InChI is InChI=1S/C30H31F3NO/c1-2-3-4-5-6-21-35-28-19-13-24(14-20-28)8-7-23-9-11-25(12-10-23)22-29(34)26-15-17-27(18-16-26)30(31,32)33/h9-20,29,34H,2-6,21-22H2,1H3. The minimum atomic E-state index is -4.36. The summed E-state index contributed by atoms with van der Waals surface area (Å²) in [5.41, 5.74) is 10.9. The van der Waals surface area contributed by atoms with E-state index in [-0.39, 0.29) is 0 Å². The molecule has 0 spiro atoms. The largest absolute Gasteiger partial charge is 0.494 e. The summed E-state index contributed by atoms with van der Waals surface area (Å²) in [4.78, 5) is 0. The van der Waals surface area contributed by atoms with E-state index in [1.807, 2.05) is 48.5 Å². The Morgan fingerprint density at radius 1 is 0.771 bits per heavy atom. The van der Waals surface area contributed by atoms with Crippen molar-refractivity contribution in [3.05, 3.63) is 101 Å². The Bertz CT molecular complexity index is 1090. The topological polar surface area (TPSA) is 33.0 Å². The first kappa shape index (κ1) is 26.4. The van der Waals surface area contributed by atoms with Gasteiger partial charge in [0.15, 0.2) is 0 Å². The molecule has 2 nitrogen and oxygen atoms in total. The molecule has 5 heteroatoms. The molecule has 35 heavy (non-hydrogen) atoms. The van der Waals surface area contributed by atoms with Crippen LogP contribution >= 0.6 is 0 Å². The second-order valence-corrected chi connectivity index (χ2v) is 8.61. The fourth-order valence-corrected chi connectivity index (χ4v) is 3.66. The van der Waals surface area contributed by atoms with Crippen LogP contribution in [0.2, 0.25) is 0 Å². The maximum absolute atomic E-state index is 12.7. The molecule has 3 aromatic rings. The first-order chi connectivity index (χ1) is 16.8. The van der Waals surface area contributed by atoms with Gasteiger partial charge in [0.05, 0.1) is 18.2 Å². The Labute approximate surface area is 206 Å². The predicted octanol–water partition coefficient (Wildman–Crippen LogP) is 8.02. The second-order valence-electron chi connectivity index (χ2n) is 8.61. The summed E-state index contributed by atoms with van der Waals surface area (Å²) in [6, 6.07) is 19.6. The smallest absolute Gasteiger partial charge is 0.416 e. The van der Waals surface area contributed by atoms with Gasteiger partial charge in [0.1, 0.15) is 5.75 Å². The number of rotatable bonds is 10. The van der Waals surface area contributed by atoms with E-state index in [9.17, 15) is 13.2 Å². The van der Waals surface area contributed by atoms with E-state index in [1.54, 1.807) is 0 Å². The van der Waals surface area contributed by atoms with Gasteiger partial charge in [-0.25, -0.2) is 5.73 Å². The lowest BCUT2D eigenvalue weighted by atomic mass is 9.98. The van der Waals surface area contributed by atoms with Crippen molar-refractivity contribution < 1.29 is 17.9 Å². The Balaban J connectivity index is 1.49. The van der Waals surface area contributed by atoms with Gasteiger partial charge in [-0.1, -0.05) is 68.7 Å². The van der Waals surface area contributed by atoms with Crippen molar-refractivity contribution in [1.82, 2.24) is 5.73 Å². The Kier molecular flexibility index (Phi) is 9.81. The van der Waals surface area contributed by atoms with Crippen molar-refractivity contribution >= 4 is 0 Å². The molecule has 3 aromatic carbocycles. The number of hydrogen-bond donors (Lipinski definition) is 0. The van der Waals surface area contributed by atoms with Crippen molar-refractivity contribution in [2.45, 2.75) is 57.7 Å². The highest BCUT2D eigenvalue weighted by Gasteiger charge is 2.30. The predicted molar refractivity (Wildman–Crippen MR) is 134 cm³/mol. The molecule has 0 heterocycles. The average Bonchev–Trinajstić information content (AvgIpc) is 2.86. The average molecular weight is 479 g/mol. The van der Waals surface area contributed by atoms with E-state index in [0.717, 1.165) is 47.6 Å². The SMILES string of the molecule is CCCCCCCOc1ccc(C#Cc2ccc(CC([NH])c3ccc(C(F)(F)F)cc3)cc2)cc1. The van der Waals surface area contributed by atoms with Crippen molar-refractivity contribution in [1.29, 1.82) is 0 Å². The molecular weight excluding hydrogens is 447 g/mol. The van der Waals surface area contributed by atoms with Crippen LogP contribution in [0.25, 0.3) is 0 Å². The molecular formula is C30H31F3NO. The third-order valence-electron chi connectivity index (χ3n) is 5.76. The quantitative estimate of drug-likeness (QED) is 0.214. The van der Waals surface area contributed by atoms with Crippen molar-refractivity contribution in [3.8, 4) is 17.6 Å². The van der Waals surface area contributed by atoms with E-state index in [0.29, 0.717) is 12.0 Å². The summed E-state index contributed by atoms with van der Waals surface area (Å²) in [7, 11) is 0. The molecule has 1 N–H and O–H groups in total. The third-order valence-corrected chi connectivity index (χ3v) is 5.76. The van der Waals surface area contributed by atoms with Gasteiger partial charge >= 0.3 is 6.18 Å². The molecule has 3 rings (SSSR count). The second kappa shape index (κ2) is 13.0. The molecule has 0 saturated carbocycles.